The third-order valence-electron chi connectivity index (χ3n) is 0.236. The van der Waals surface area contributed by atoms with Crippen molar-refractivity contribution in [1.82, 2.24) is 0 Å². The van der Waals surface area contributed by atoms with E-state index in [0.29, 0.717) is 0 Å². The molecular formula is C4H7Mo-. The van der Waals surface area contributed by atoms with Crippen LogP contribution in [0.1, 0.15) is 6.92 Å². The van der Waals surface area contributed by atoms with Gasteiger partial charge in [0.1, 0.15) is 0 Å². The third-order valence-corrected chi connectivity index (χ3v) is 0.236. The van der Waals surface area contributed by atoms with Gasteiger partial charge in [0.05, 0.1) is 0 Å². The number of hydrogen-bond donors (Lipinski definition) is 0. The summed E-state index contributed by atoms with van der Waals surface area (Å²) in [6, 6.07) is 0. The van der Waals surface area contributed by atoms with E-state index in [-0.39, 0.29) is 21.1 Å². The van der Waals surface area contributed by atoms with Gasteiger partial charge >= 0.3 is 0 Å². The summed E-state index contributed by atoms with van der Waals surface area (Å²) >= 11 is 0. The van der Waals surface area contributed by atoms with Crippen LogP contribution in [0.3, 0.4) is 0 Å². The molecular weight excluding hydrogens is 144 g/mol. The molecule has 0 aliphatic carbocycles. The zero-order valence-corrected chi connectivity index (χ0v) is 5.28. The molecule has 0 rings (SSSR count). The molecule has 0 aromatic rings. The summed E-state index contributed by atoms with van der Waals surface area (Å²) in [4.78, 5) is 0. The zero-order valence-electron chi connectivity index (χ0n) is 3.27. The van der Waals surface area contributed by atoms with Crippen molar-refractivity contribution in [2.75, 3.05) is 0 Å². The number of hydrogen-bond acceptors (Lipinski definition) is 0. The van der Waals surface area contributed by atoms with Crippen LogP contribution in [0.5, 0.6) is 0 Å². The van der Waals surface area contributed by atoms with Gasteiger partial charge in [0.25, 0.3) is 0 Å². The Morgan fingerprint density at radius 3 is 1.80 bits per heavy atom. The van der Waals surface area contributed by atoms with E-state index in [0.717, 1.165) is 0 Å². The van der Waals surface area contributed by atoms with Gasteiger partial charge < -0.3 is 0 Å². The minimum atomic E-state index is 0. The van der Waals surface area contributed by atoms with Crippen molar-refractivity contribution in [2.24, 2.45) is 0 Å². The van der Waals surface area contributed by atoms with Crippen molar-refractivity contribution >= 4 is 0 Å². The van der Waals surface area contributed by atoms with Gasteiger partial charge in [0.2, 0.25) is 0 Å². The Morgan fingerprint density at radius 2 is 1.80 bits per heavy atom. The predicted octanol–water partition coefficient (Wildman–Crippen LogP) is 1.39. The van der Waals surface area contributed by atoms with Crippen LogP contribution in [-0.2, 0) is 21.1 Å². The molecule has 0 bridgehead atoms. The van der Waals surface area contributed by atoms with E-state index in [4.69, 9.17) is 0 Å². The first kappa shape index (κ1) is 9.00. The molecule has 0 radical (unpaired) electrons. The van der Waals surface area contributed by atoms with E-state index in [9.17, 15) is 0 Å². The predicted molar refractivity (Wildman–Crippen MR) is 20.2 cm³/mol. The van der Waals surface area contributed by atoms with E-state index >= 15 is 0 Å². The maximum atomic E-state index is 3.42. The summed E-state index contributed by atoms with van der Waals surface area (Å²) in [5, 5.41) is 0. The van der Waals surface area contributed by atoms with Crippen molar-refractivity contribution in [1.29, 1.82) is 0 Å². The Balaban J connectivity index is 0. The minimum absolute atomic E-state index is 0. The SMILES string of the molecule is [CH2-]C=CC.[Mo]. The van der Waals surface area contributed by atoms with Crippen LogP contribution in [0.25, 0.3) is 0 Å². The van der Waals surface area contributed by atoms with Gasteiger partial charge in [-0.2, -0.15) is 0 Å². The van der Waals surface area contributed by atoms with Gasteiger partial charge in [-0.1, -0.05) is 0 Å². The topological polar surface area (TPSA) is 0 Å². The van der Waals surface area contributed by atoms with Crippen LogP contribution < -0.4 is 0 Å². The molecule has 0 nitrogen and oxygen atoms in total. The summed E-state index contributed by atoms with van der Waals surface area (Å²) in [5.74, 6) is 0. The van der Waals surface area contributed by atoms with E-state index in [1.165, 1.54) is 0 Å². The Morgan fingerprint density at radius 1 is 1.60 bits per heavy atom. The van der Waals surface area contributed by atoms with Crippen LogP contribution in [-0.4, -0.2) is 0 Å². The van der Waals surface area contributed by atoms with Crippen LogP contribution in [0.15, 0.2) is 12.2 Å². The maximum Gasteiger partial charge on any atom is 0 e. The summed E-state index contributed by atoms with van der Waals surface area (Å²) in [6.07, 6.45) is 3.64. The van der Waals surface area contributed by atoms with Crippen LogP contribution in [0, 0.1) is 6.92 Å². The second kappa shape index (κ2) is 8.85. The second-order valence-corrected chi connectivity index (χ2v) is 0.569. The molecule has 0 amide bonds. The molecule has 0 aliphatic rings. The Bertz CT molecular complexity index is 18.8. The molecule has 0 aromatic carbocycles. The quantitative estimate of drug-likeness (QED) is 0.362. The molecule has 30 valence electrons. The van der Waals surface area contributed by atoms with Gasteiger partial charge in [0.15, 0.2) is 0 Å². The van der Waals surface area contributed by atoms with E-state index < -0.39 is 0 Å². The monoisotopic (exact) mass is 153 g/mol. The van der Waals surface area contributed by atoms with Gasteiger partial charge in [-0.15, -0.1) is 6.92 Å². The van der Waals surface area contributed by atoms with Crippen molar-refractivity contribution in [3.63, 3.8) is 0 Å². The molecule has 0 unspecified atom stereocenters. The molecule has 0 fully saturated rings. The molecule has 1 heteroatoms. The molecule has 0 atom stereocenters. The summed E-state index contributed by atoms with van der Waals surface area (Å²) < 4.78 is 0. The van der Waals surface area contributed by atoms with Crippen molar-refractivity contribution in [2.45, 2.75) is 6.92 Å². The molecule has 0 N–H and O–H groups in total. The van der Waals surface area contributed by atoms with Crippen LogP contribution >= 0.6 is 0 Å². The average Bonchev–Trinajstić information content (AvgIpc) is 1.37. The minimum Gasteiger partial charge on any atom is -0.245 e. The smallest absolute Gasteiger partial charge is 0 e. The number of rotatable bonds is 0. The van der Waals surface area contributed by atoms with Gasteiger partial charge in [-0.05, 0) is 0 Å². The molecule has 0 spiro atoms. The fourth-order valence-electron chi connectivity index (χ4n) is 0. The van der Waals surface area contributed by atoms with Gasteiger partial charge in [0, 0.05) is 21.1 Å². The van der Waals surface area contributed by atoms with E-state index in [1.54, 1.807) is 6.08 Å². The molecule has 0 aliphatic heterocycles. The summed E-state index contributed by atoms with van der Waals surface area (Å²) in [6.45, 7) is 5.36. The summed E-state index contributed by atoms with van der Waals surface area (Å²) in [5.41, 5.74) is 0. The maximum absolute atomic E-state index is 3.42. The zero-order chi connectivity index (χ0) is 3.41. The fraction of sp³-hybridized carbons (Fsp3) is 0.250. The Labute approximate surface area is 47.5 Å². The van der Waals surface area contributed by atoms with Gasteiger partial charge in [-0.25, -0.2) is 19.1 Å². The average molecular weight is 151 g/mol. The normalized spacial score (nSPS) is 7.40. The van der Waals surface area contributed by atoms with Crippen molar-refractivity contribution < 1.29 is 21.1 Å². The molecule has 0 saturated carbocycles. The van der Waals surface area contributed by atoms with Crippen molar-refractivity contribution in [3.05, 3.63) is 19.1 Å². The first-order valence-electron chi connectivity index (χ1n) is 1.32. The molecule has 0 heterocycles. The fourth-order valence-corrected chi connectivity index (χ4v) is 0. The molecule has 5 heavy (non-hydrogen) atoms. The number of allylic oxidation sites excluding steroid dienone is 2. The van der Waals surface area contributed by atoms with E-state index in [1.807, 2.05) is 13.0 Å². The van der Waals surface area contributed by atoms with Crippen molar-refractivity contribution in [3.8, 4) is 0 Å². The Kier molecular flexibility index (Phi) is 15.9. The molecule has 0 saturated heterocycles. The first-order valence-corrected chi connectivity index (χ1v) is 1.32. The van der Waals surface area contributed by atoms with Crippen LogP contribution in [0.4, 0.5) is 0 Å². The second-order valence-electron chi connectivity index (χ2n) is 0.569. The summed E-state index contributed by atoms with van der Waals surface area (Å²) in [7, 11) is 0. The van der Waals surface area contributed by atoms with Gasteiger partial charge in [-0.3, -0.25) is 0 Å². The Hall–Kier alpha value is 0.298. The van der Waals surface area contributed by atoms with E-state index in [2.05, 4.69) is 6.92 Å². The van der Waals surface area contributed by atoms with Crippen LogP contribution in [0.2, 0.25) is 0 Å². The first-order chi connectivity index (χ1) is 1.91. The largest absolute Gasteiger partial charge is 0.245 e. The third kappa shape index (κ3) is 13.5. The standard InChI is InChI=1S/C4H7.Mo/c1-3-4-2;/h3-4H,1H2,2H3;/q-1;. The molecule has 0 aromatic heterocycles.